The van der Waals surface area contributed by atoms with Gasteiger partial charge < -0.3 is 0 Å². The van der Waals surface area contributed by atoms with Crippen molar-refractivity contribution in [3.63, 3.8) is 0 Å². The third-order valence-electron chi connectivity index (χ3n) is 4.19. The van der Waals surface area contributed by atoms with Gasteiger partial charge in [0.25, 0.3) is 0 Å². The van der Waals surface area contributed by atoms with Crippen molar-refractivity contribution in [2.45, 2.75) is 25.3 Å². The summed E-state index contributed by atoms with van der Waals surface area (Å²) < 4.78 is 25.3. The highest BCUT2D eigenvalue weighted by molar-refractivity contribution is 7.90. The number of hydrogen-bond donors (Lipinski definition) is 1. The van der Waals surface area contributed by atoms with Crippen molar-refractivity contribution in [2.24, 2.45) is 23.7 Å². The Morgan fingerprint density at radius 2 is 1.79 bits per heavy atom. The van der Waals surface area contributed by atoms with Gasteiger partial charge in [-0.25, -0.2) is 13.1 Å². The van der Waals surface area contributed by atoms with Crippen LogP contribution < -0.4 is 4.72 Å². The highest BCUT2D eigenvalue weighted by atomic mass is 35.5. The molecule has 80 valence electrons. The van der Waals surface area contributed by atoms with Crippen LogP contribution in [-0.4, -0.2) is 19.7 Å². The number of halogens is 1. The Labute approximate surface area is 89.3 Å². The highest BCUT2D eigenvalue weighted by Crippen LogP contribution is 2.65. The predicted molar refractivity (Wildman–Crippen MR) is 54.4 cm³/mol. The standard InChI is InChI=1S/C9H14ClNO2S/c10-4-14(12,13)11-9-7-5-1-2-6(3-5)8(7)9/h5-9,11H,1-4H2. The van der Waals surface area contributed by atoms with E-state index in [4.69, 9.17) is 11.6 Å². The van der Waals surface area contributed by atoms with Crippen molar-refractivity contribution >= 4 is 21.6 Å². The Bertz CT molecular complexity index is 340. The Kier molecular flexibility index (Phi) is 1.93. The molecule has 0 radical (unpaired) electrons. The van der Waals surface area contributed by atoms with Crippen LogP contribution in [0.1, 0.15) is 19.3 Å². The van der Waals surface area contributed by atoms with Crippen LogP contribution in [0.5, 0.6) is 0 Å². The van der Waals surface area contributed by atoms with Crippen LogP contribution in [0.2, 0.25) is 0 Å². The number of alkyl halides is 1. The SMILES string of the molecule is O=S(=O)(CCl)NC1C2C3CCC(C3)C12. The van der Waals surface area contributed by atoms with E-state index in [1.807, 2.05) is 0 Å². The molecular formula is C9H14ClNO2S. The molecule has 3 fully saturated rings. The molecule has 5 heteroatoms. The molecule has 14 heavy (non-hydrogen) atoms. The first-order valence-electron chi connectivity index (χ1n) is 5.18. The van der Waals surface area contributed by atoms with Gasteiger partial charge in [-0.1, -0.05) is 0 Å². The van der Waals surface area contributed by atoms with Gasteiger partial charge in [0.15, 0.2) is 0 Å². The first kappa shape index (κ1) is 9.43. The van der Waals surface area contributed by atoms with Gasteiger partial charge in [-0.2, -0.15) is 0 Å². The molecule has 3 saturated carbocycles. The molecule has 3 aliphatic rings. The summed E-state index contributed by atoms with van der Waals surface area (Å²) in [7, 11) is -3.20. The molecule has 0 aromatic rings. The van der Waals surface area contributed by atoms with Crippen LogP contribution in [0.25, 0.3) is 0 Å². The van der Waals surface area contributed by atoms with Crippen molar-refractivity contribution in [3.8, 4) is 0 Å². The summed E-state index contributed by atoms with van der Waals surface area (Å²) in [6.45, 7) is 0. The Morgan fingerprint density at radius 1 is 1.21 bits per heavy atom. The third-order valence-corrected chi connectivity index (χ3v) is 5.98. The summed E-state index contributed by atoms with van der Waals surface area (Å²) >= 11 is 5.36. The molecule has 2 bridgehead atoms. The fourth-order valence-electron chi connectivity index (χ4n) is 3.72. The fraction of sp³-hybridized carbons (Fsp3) is 1.00. The van der Waals surface area contributed by atoms with Gasteiger partial charge in [0.2, 0.25) is 10.0 Å². The average molecular weight is 236 g/mol. The molecule has 4 atom stereocenters. The number of nitrogens with one attached hydrogen (secondary N) is 1. The number of rotatable bonds is 3. The van der Waals surface area contributed by atoms with E-state index in [1.54, 1.807) is 0 Å². The number of hydrogen-bond acceptors (Lipinski definition) is 2. The second-order valence-corrected chi connectivity index (χ2v) is 7.19. The first-order chi connectivity index (χ1) is 6.62. The summed E-state index contributed by atoms with van der Waals surface area (Å²) in [6, 6.07) is 0.227. The molecule has 1 N–H and O–H groups in total. The zero-order valence-corrected chi connectivity index (χ0v) is 9.39. The molecule has 4 unspecified atom stereocenters. The summed E-state index contributed by atoms with van der Waals surface area (Å²) in [5.41, 5.74) is 0. The topological polar surface area (TPSA) is 46.2 Å². The van der Waals surface area contributed by atoms with Gasteiger partial charge in [0.05, 0.1) is 0 Å². The molecule has 3 aliphatic carbocycles. The van der Waals surface area contributed by atoms with Crippen LogP contribution in [0, 0.1) is 23.7 Å². The van der Waals surface area contributed by atoms with E-state index >= 15 is 0 Å². The zero-order valence-electron chi connectivity index (χ0n) is 7.82. The minimum Gasteiger partial charge on any atom is -0.211 e. The Balaban J connectivity index is 1.70. The van der Waals surface area contributed by atoms with Gasteiger partial charge in [0, 0.05) is 6.04 Å². The molecule has 0 aliphatic heterocycles. The van der Waals surface area contributed by atoms with Crippen LogP contribution in [0.3, 0.4) is 0 Å². The van der Waals surface area contributed by atoms with E-state index in [2.05, 4.69) is 4.72 Å². The van der Waals surface area contributed by atoms with Crippen molar-refractivity contribution in [1.82, 2.24) is 4.72 Å². The molecular weight excluding hydrogens is 222 g/mol. The Morgan fingerprint density at radius 3 is 2.29 bits per heavy atom. The van der Waals surface area contributed by atoms with Crippen LogP contribution in [-0.2, 0) is 10.0 Å². The largest absolute Gasteiger partial charge is 0.225 e. The highest BCUT2D eigenvalue weighted by Gasteiger charge is 2.65. The fourth-order valence-corrected chi connectivity index (χ4v) is 4.70. The molecule has 0 amide bonds. The maximum absolute atomic E-state index is 11.3. The van der Waals surface area contributed by atoms with E-state index in [9.17, 15) is 8.42 Å². The second-order valence-electron chi connectivity index (χ2n) is 4.86. The molecule has 3 rings (SSSR count). The van der Waals surface area contributed by atoms with E-state index in [1.165, 1.54) is 19.3 Å². The van der Waals surface area contributed by atoms with Crippen LogP contribution in [0.15, 0.2) is 0 Å². The molecule has 0 aromatic carbocycles. The monoisotopic (exact) mass is 235 g/mol. The van der Waals surface area contributed by atoms with Crippen LogP contribution in [0.4, 0.5) is 0 Å². The lowest BCUT2D eigenvalue weighted by atomic mass is 10.0. The van der Waals surface area contributed by atoms with E-state index in [-0.39, 0.29) is 11.3 Å². The zero-order chi connectivity index (χ0) is 9.92. The molecule has 3 nitrogen and oxygen atoms in total. The van der Waals surface area contributed by atoms with Gasteiger partial charge in [-0.3, -0.25) is 0 Å². The van der Waals surface area contributed by atoms with Crippen molar-refractivity contribution in [2.75, 3.05) is 5.21 Å². The van der Waals surface area contributed by atoms with E-state index in [0.717, 1.165) is 11.8 Å². The lowest BCUT2D eigenvalue weighted by Gasteiger charge is -2.09. The molecule has 0 spiro atoms. The first-order valence-corrected chi connectivity index (χ1v) is 7.37. The lowest BCUT2D eigenvalue weighted by Crippen LogP contribution is -2.30. The second kappa shape index (κ2) is 2.86. The maximum atomic E-state index is 11.3. The normalized spacial score (nSPS) is 49.4. The average Bonchev–Trinajstić information content (AvgIpc) is 2.61. The summed E-state index contributed by atoms with van der Waals surface area (Å²) in [5, 5.41) is -0.307. The van der Waals surface area contributed by atoms with Gasteiger partial charge >= 0.3 is 0 Å². The number of sulfonamides is 1. The van der Waals surface area contributed by atoms with E-state index in [0.29, 0.717) is 11.8 Å². The lowest BCUT2D eigenvalue weighted by molar-refractivity contribution is 0.456. The van der Waals surface area contributed by atoms with Gasteiger partial charge in [0.1, 0.15) is 5.21 Å². The van der Waals surface area contributed by atoms with Crippen molar-refractivity contribution in [3.05, 3.63) is 0 Å². The van der Waals surface area contributed by atoms with E-state index < -0.39 is 10.0 Å². The third kappa shape index (κ3) is 1.24. The smallest absolute Gasteiger partial charge is 0.211 e. The van der Waals surface area contributed by atoms with Crippen molar-refractivity contribution in [1.29, 1.82) is 0 Å². The summed E-state index contributed by atoms with van der Waals surface area (Å²) in [5.74, 6) is 2.89. The molecule has 0 saturated heterocycles. The maximum Gasteiger partial charge on any atom is 0.225 e. The van der Waals surface area contributed by atoms with Gasteiger partial charge in [-0.05, 0) is 42.9 Å². The number of fused-ring (bicyclic) bond motifs is 5. The van der Waals surface area contributed by atoms with Gasteiger partial charge in [-0.15, -0.1) is 11.6 Å². The molecule has 0 aromatic heterocycles. The van der Waals surface area contributed by atoms with Crippen molar-refractivity contribution < 1.29 is 8.42 Å². The Hall–Kier alpha value is 0.200. The summed E-state index contributed by atoms with van der Waals surface area (Å²) in [6.07, 6.45) is 3.96. The minimum absolute atomic E-state index is 0.227. The quantitative estimate of drug-likeness (QED) is 0.746. The summed E-state index contributed by atoms with van der Waals surface area (Å²) in [4.78, 5) is 0. The van der Waals surface area contributed by atoms with Crippen LogP contribution >= 0.6 is 11.6 Å². The predicted octanol–water partition coefficient (Wildman–Crippen LogP) is 1.15. The molecule has 0 heterocycles. The minimum atomic E-state index is -3.20.